The third-order valence-electron chi connectivity index (χ3n) is 3.75. The molecule has 1 aliphatic heterocycles. The summed E-state index contributed by atoms with van der Waals surface area (Å²) in [6.45, 7) is 6.26. The number of rotatable bonds is 6. The highest BCUT2D eigenvalue weighted by molar-refractivity contribution is 5.78. The summed E-state index contributed by atoms with van der Waals surface area (Å²) in [5.74, 6) is 0.913. The van der Waals surface area contributed by atoms with Crippen molar-refractivity contribution >= 4 is 5.91 Å². The van der Waals surface area contributed by atoms with E-state index >= 15 is 0 Å². The topological polar surface area (TPSA) is 55.8 Å². The molecule has 1 saturated carbocycles. The van der Waals surface area contributed by atoms with Gasteiger partial charge in [-0.25, -0.2) is 0 Å². The largest absolute Gasteiger partial charge is 0.395 e. The number of nitrogens with zero attached hydrogens (tertiary/aromatic N) is 2. The number of aliphatic hydroxyl groups excluding tert-OH is 1. The zero-order chi connectivity index (χ0) is 12.8. The summed E-state index contributed by atoms with van der Waals surface area (Å²) in [4.78, 5) is 16.2. The molecular weight excluding hydrogens is 230 g/mol. The van der Waals surface area contributed by atoms with E-state index in [0.29, 0.717) is 6.54 Å². The van der Waals surface area contributed by atoms with E-state index in [2.05, 4.69) is 15.1 Å². The number of hydrogen-bond donors (Lipinski definition) is 2. The molecule has 0 aromatic heterocycles. The van der Waals surface area contributed by atoms with E-state index in [9.17, 15) is 4.79 Å². The van der Waals surface area contributed by atoms with Crippen molar-refractivity contribution in [3.8, 4) is 0 Å². The second-order valence-electron chi connectivity index (χ2n) is 5.44. The average Bonchev–Trinajstić information content (AvgIpc) is 3.16. The Bertz CT molecular complexity index is 269. The van der Waals surface area contributed by atoms with Crippen LogP contribution in [-0.2, 0) is 4.79 Å². The van der Waals surface area contributed by atoms with Crippen LogP contribution in [0, 0.1) is 5.92 Å². The first-order chi connectivity index (χ1) is 8.78. The van der Waals surface area contributed by atoms with Crippen LogP contribution in [0.2, 0.25) is 0 Å². The van der Waals surface area contributed by atoms with Crippen LogP contribution in [0.3, 0.4) is 0 Å². The first-order valence-corrected chi connectivity index (χ1v) is 7.10. The number of aliphatic hydroxyl groups is 1. The first-order valence-electron chi connectivity index (χ1n) is 7.10. The minimum absolute atomic E-state index is 0.164. The van der Waals surface area contributed by atoms with Crippen molar-refractivity contribution < 1.29 is 9.90 Å². The molecule has 5 nitrogen and oxygen atoms in total. The van der Waals surface area contributed by atoms with Crippen LogP contribution in [0.25, 0.3) is 0 Å². The Morgan fingerprint density at radius 1 is 1.17 bits per heavy atom. The van der Waals surface area contributed by atoms with Crippen LogP contribution in [-0.4, -0.2) is 73.2 Å². The highest BCUT2D eigenvalue weighted by atomic mass is 16.3. The second kappa shape index (κ2) is 7.07. The molecule has 104 valence electrons. The molecule has 1 amide bonds. The molecule has 1 heterocycles. The number of carbonyl (C=O) groups is 1. The summed E-state index contributed by atoms with van der Waals surface area (Å²) in [6, 6.07) is 0. The number of hydrogen-bond acceptors (Lipinski definition) is 4. The third-order valence-corrected chi connectivity index (χ3v) is 3.75. The molecule has 0 aromatic rings. The van der Waals surface area contributed by atoms with Crippen molar-refractivity contribution in [1.29, 1.82) is 0 Å². The molecule has 0 aromatic carbocycles. The molecule has 0 spiro atoms. The molecule has 2 rings (SSSR count). The Morgan fingerprint density at radius 3 is 2.61 bits per heavy atom. The lowest BCUT2D eigenvalue weighted by Crippen LogP contribution is -2.40. The van der Waals surface area contributed by atoms with Gasteiger partial charge in [-0.05, 0) is 38.3 Å². The highest BCUT2D eigenvalue weighted by Gasteiger charge is 2.22. The molecule has 0 atom stereocenters. The second-order valence-corrected chi connectivity index (χ2v) is 5.44. The fraction of sp³-hybridized carbons (Fsp3) is 0.923. The van der Waals surface area contributed by atoms with Gasteiger partial charge in [-0.1, -0.05) is 0 Å². The molecule has 0 radical (unpaired) electrons. The van der Waals surface area contributed by atoms with Crippen molar-refractivity contribution in [3.63, 3.8) is 0 Å². The third kappa shape index (κ3) is 4.92. The van der Waals surface area contributed by atoms with Crippen molar-refractivity contribution in [2.24, 2.45) is 5.92 Å². The van der Waals surface area contributed by atoms with Crippen molar-refractivity contribution in [3.05, 3.63) is 0 Å². The van der Waals surface area contributed by atoms with Crippen molar-refractivity contribution in [2.45, 2.75) is 19.3 Å². The van der Waals surface area contributed by atoms with E-state index in [1.807, 2.05) is 0 Å². The van der Waals surface area contributed by atoms with Crippen LogP contribution in [0.5, 0.6) is 0 Å². The Kier molecular flexibility index (Phi) is 5.41. The summed E-state index contributed by atoms with van der Waals surface area (Å²) in [5.41, 5.74) is 0. The van der Waals surface area contributed by atoms with Crippen LogP contribution in [0.1, 0.15) is 19.3 Å². The first kappa shape index (κ1) is 13.8. The maximum absolute atomic E-state index is 11.8. The number of nitrogens with one attached hydrogen (secondary N) is 1. The summed E-state index contributed by atoms with van der Waals surface area (Å²) in [6.07, 6.45) is 3.64. The van der Waals surface area contributed by atoms with Crippen LogP contribution < -0.4 is 5.32 Å². The van der Waals surface area contributed by atoms with E-state index in [0.717, 1.165) is 51.6 Å². The Hall–Kier alpha value is -0.650. The quantitative estimate of drug-likeness (QED) is 0.673. The van der Waals surface area contributed by atoms with E-state index in [-0.39, 0.29) is 12.5 Å². The molecule has 0 bridgehead atoms. The molecule has 2 aliphatic rings. The minimum atomic E-state index is 0.164. The number of β-amino-alcohol motifs (C(OH)–C–C–N with tert-alkyl or cyclic N) is 1. The van der Waals surface area contributed by atoms with Gasteiger partial charge < -0.3 is 10.4 Å². The van der Waals surface area contributed by atoms with Crippen LogP contribution in [0.15, 0.2) is 0 Å². The molecule has 1 aliphatic carbocycles. The number of carbonyl (C=O) groups excluding carboxylic acids is 1. The van der Waals surface area contributed by atoms with Gasteiger partial charge in [0.25, 0.3) is 0 Å². The van der Waals surface area contributed by atoms with Gasteiger partial charge >= 0.3 is 0 Å². The van der Waals surface area contributed by atoms with Gasteiger partial charge in [-0.15, -0.1) is 0 Å². The highest BCUT2D eigenvalue weighted by Crippen LogP contribution is 2.27. The van der Waals surface area contributed by atoms with Gasteiger partial charge in [-0.2, -0.15) is 0 Å². The minimum Gasteiger partial charge on any atom is -0.395 e. The lowest BCUT2D eigenvalue weighted by molar-refractivity contribution is -0.122. The summed E-state index contributed by atoms with van der Waals surface area (Å²) >= 11 is 0. The monoisotopic (exact) mass is 255 g/mol. The lowest BCUT2D eigenvalue weighted by Gasteiger charge is -2.20. The SMILES string of the molecule is O=C(CN1CCCN(CCO)CC1)NCC1CC1. The Morgan fingerprint density at radius 2 is 1.89 bits per heavy atom. The maximum atomic E-state index is 11.8. The normalized spacial score (nSPS) is 22.7. The standard InChI is InChI=1S/C13H25N3O2/c17-9-8-15-4-1-5-16(7-6-15)11-13(18)14-10-12-2-3-12/h12,17H,1-11H2,(H,14,18). The Labute approximate surface area is 109 Å². The fourth-order valence-corrected chi connectivity index (χ4v) is 2.39. The molecule has 2 N–H and O–H groups in total. The Balaban J connectivity index is 1.63. The van der Waals surface area contributed by atoms with E-state index < -0.39 is 0 Å². The smallest absolute Gasteiger partial charge is 0.234 e. The van der Waals surface area contributed by atoms with Gasteiger partial charge in [0.15, 0.2) is 0 Å². The molecule has 0 unspecified atom stereocenters. The van der Waals surface area contributed by atoms with E-state index in [1.54, 1.807) is 0 Å². The molecule has 1 saturated heterocycles. The van der Waals surface area contributed by atoms with Gasteiger partial charge in [0, 0.05) is 26.2 Å². The summed E-state index contributed by atoms with van der Waals surface area (Å²) in [5, 5.41) is 11.9. The van der Waals surface area contributed by atoms with Crippen molar-refractivity contribution in [2.75, 3.05) is 52.4 Å². The van der Waals surface area contributed by atoms with E-state index in [4.69, 9.17) is 5.11 Å². The van der Waals surface area contributed by atoms with Gasteiger partial charge in [0.1, 0.15) is 0 Å². The van der Waals surface area contributed by atoms with Gasteiger partial charge in [0.05, 0.1) is 13.2 Å². The van der Waals surface area contributed by atoms with Gasteiger partial charge in [-0.3, -0.25) is 14.6 Å². The number of amides is 1. The lowest BCUT2D eigenvalue weighted by atomic mass is 10.3. The molecule has 18 heavy (non-hydrogen) atoms. The summed E-state index contributed by atoms with van der Waals surface area (Å²) < 4.78 is 0. The van der Waals surface area contributed by atoms with Gasteiger partial charge in [0.2, 0.25) is 5.91 Å². The van der Waals surface area contributed by atoms with Crippen molar-refractivity contribution in [1.82, 2.24) is 15.1 Å². The van der Waals surface area contributed by atoms with Crippen LogP contribution >= 0.6 is 0 Å². The summed E-state index contributed by atoms with van der Waals surface area (Å²) in [7, 11) is 0. The zero-order valence-electron chi connectivity index (χ0n) is 11.1. The predicted octanol–water partition coefficient (Wildman–Crippen LogP) is -0.487. The zero-order valence-corrected chi connectivity index (χ0v) is 11.1. The maximum Gasteiger partial charge on any atom is 0.234 e. The molecule has 5 heteroatoms. The molecular formula is C13H25N3O2. The fourth-order valence-electron chi connectivity index (χ4n) is 2.39. The van der Waals surface area contributed by atoms with Crippen LogP contribution in [0.4, 0.5) is 0 Å². The predicted molar refractivity (Wildman–Crippen MR) is 70.3 cm³/mol. The molecule has 2 fully saturated rings. The van der Waals surface area contributed by atoms with E-state index in [1.165, 1.54) is 12.8 Å². The average molecular weight is 255 g/mol.